The SMILES string of the molecule is CCCCCCCCc1cc2c(s1)Cc1ccsc1-2. The van der Waals surface area contributed by atoms with Gasteiger partial charge in [0.05, 0.1) is 0 Å². The summed E-state index contributed by atoms with van der Waals surface area (Å²) in [6, 6.07) is 4.76. The molecule has 0 amide bonds. The van der Waals surface area contributed by atoms with Crippen LogP contribution in [0.25, 0.3) is 10.4 Å². The maximum atomic E-state index is 2.47. The number of rotatable bonds is 7. The highest BCUT2D eigenvalue weighted by molar-refractivity contribution is 7.16. The van der Waals surface area contributed by atoms with Gasteiger partial charge in [-0.05, 0) is 35.9 Å². The van der Waals surface area contributed by atoms with Crippen molar-refractivity contribution < 1.29 is 0 Å². The Labute approximate surface area is 124 Å². The molecule has 2 heterocycles. The van der Waals surface area contributed by atoms with Crippen molar-refractivity contribution in [2.24, 2.45) is 0 Å². The van der Waals surface area contributed by atoms with Crippen molar-refractivity contribution in [1.29, 1.82) is 0 Å². The van der Waals surface area contributed by atoms with Gasteiger partial charge in [-0.1, -0.05) is 39.0 Å². The number of aryl methyl sites for hydroxylation is 1. The van der Waals surface area contributed by atoms with Crippen LogP contribution in [0.1, 0.15) is 60.8 Å². The van der Waals surface area contributed by atoms with Crippen molar-refractivity contribution in [3.63, 3.8) is 0 Å². The van der Waals surface area contributed by atoms with E-state index in [-0.39, 0.29) is 0 Å². The van der Waals surface area contributed by atoms with Crippen LogP contribution in [-0.2, 0) is 12.8 Å². The van der Waals surface area contributed by atoms with Gasteiger partial charge in [0.2, 0.25) is 0 Å². The Kier molecular flexibility index (Phi) is 4.39. The number of unbranched alkanes of at least 4 members (excludes halogenated alkanes) is 5. The standard InChI is InChI=1S/C17H22S2/c1-2-3-4-5-6-7-8-14-12-15-16(19-14)11-13-9-10-18-17(13)15/h9-10,12H,2-8,11H2,1H3. The maximum Gasteiger partial charge on any atom is 0.0389 e. The van der Waals surface area contributed by atoms with Gasteiger partial charge in [-0.15, -0.1) is 22.7 Å². The predicted octanol–water partition coefficient (Wildman–Crippen LogP) is 6.28. The first kappa shape index (κ1) is 13.4. The zero-order valence-electron chi connectivity index (χ0n) is 11.7. The quantitative estimate of drug-likeness (QED) is 0.449. The lowest BCUT2D eigenvalue weighted by atomic mass is 10.1. The van der Waals surface area contributed by atoms with E-state index in [1.807, 2.05) is 11.3 Å². The van der Waals surface area contributed by atoms with Gasteiger partial charge in [0.15, 0.2) is 0 Å². The highest BCUT2D eigenvalue weighted by atomic mass is 32.1. The van der Waals surface area contributed by atoms with Crippen molar-refractivity contribution in [2.75, 3.05) is 0 Å². The molecule has 3 rings (SSSR count). The second kappa shape index (κ2) is 6.23. The highest BCUT2D eigenvalue weighted by Crippen LogP contribution is 2.44. The van der Waals surface area contributed by atoms with Crippen LogP contribution >= 0.6 is 22.7 Å². The lowest BCUT2D eigenvalue weighted by molar-refractivity contribution is 0.609. The minimum Gasteiger partial charge on any atom is -0.144 e. The summed E-state index contributed by atoms with van der Waals surface area (Å²) in [5.74, 6) is 0. The Balaban J connectivity index is 1.51. The Morgan fingerprint density at radius 3 is 2.84 bits per heavy atom. The van der Waals surface area contributed by atoms with Crippen LogP contribution in [0, 0.1) is 0 Å². The molecule has 19 heavy (non-hydrogen) atoms. The van der Waals surface area contributed by atoms with E-state index in [9.17, 15) is 0 Å². The largest absolute Gasteiger partial charge is 0.144 e. The average molecular weight is 290 g/mol. The third-order valence-corrected chi connectivity index (χ3v) is 6.16. The highest BCUT2D eigenvalue weighted by Gasteiger charge is 2.22. The molecule has 0 radical (unpaired) electrons. The number of fused-ring (bicyclic) bond motifs is 3. The van der Waals surface area contributed by atoms with Crippen LogP contribution < -0.4 is 0 Å². The minimum atomic E-state index is 1.19. The van der Waals surface area contributed by atoms with Crippen LogP contribution in [-0.4, -0.2) is 0 Å². The third kappa shape index (κ3) is 2.95. The van der Waals surface area contributed by atoms with E-state index in [1.54, 1.807) is 25.8 Å². The minimum absolute atomic E-state index is 1.19. The topological polar surface area (TPSA) is 0 Å². The molecule has 102 valence electrons. The Morgan fingerprint density at radius 1 is 1.11 bits per heavy atom. The molecule has 2 heteroatoms. The summed E-state index contributed by atoms with van der Waals surface area (Å²) in [6.45, 7) is 2.28. The fourth-order valence-electron chi connectivity index (χ4n) is 2.89. The average Bonchev–Trinajstić information content (AvgIpc) is 3.05. The van der Waals surface area contributed by atoms with Crippen molar-refractivity contribution in [3.8, 4) is 10.4 Å². The number of thiophene rings is 2. The molecular weight excluding hydrogens is 268 g/mol. The van der Waals surface area contributed by atoms with E-state index < -0.39 is 0 Å². The fourth-order valence-corrected chi connectivity index (χ4v) is 5.17. The molecule has 0 saturated carbocycles. The molecule has 0 aliphatic heterocycles. The molecule has 2 aromatic rings. The monoisotopic (exact) mass is 290 g/mol. The van der Waals surface area contributed by atoms with Crippen LogP contribution in [0.3, 0.4) is 0 Å². The molecule has 0 spiro atoms. The van der Waals surface area contributed by atoms with Gasteiger partial charge >= 0.3 is 0 Å². The van der Waals surface area contributed by atoms with Gasteiger partial charge < -0.3 is 0 Å². The second-order valence-corrected chi connectivity index (χ2v) is 7.66. The molecule has 1 aliphatic rings. The molecule has 0 atom stereocenters. The summed E-state index contributed by atoms with van der Waals surface area (Å²) in [5.41, 5.74) is 3.10. The van der Waals surface area contributed by atoms with Crippen LogP contribution in [0.15, 0.2) is 17.5 Å². The summed E-state index contributed by atoms with van der Waals surface area (Å²) in [5, 5.41) is 2.23. The first-order valence-electron chi connectivity index (χ1n) is 7.57. The van der Waals surface area contributed by atoms with E-state index in [1.165, 1.54) is 51.4 Å². The third-order valence-electron chi connectivity index (χ3n) is 3.98. The van der Waals surface area contributed by atoms with Crippen molar-refractivity contribution >= 4 is 22.7 Å². The van der Waals surface area contributed by atoms with E-state index in [4.69, 9.17) is 0 Å². The molecule has 0 aromatic carbocycles. The summed E-state index contributed by atoms with van der Waals surface area (Å²) in [6.07, 6.45) is 10.9. The molecule has 0 N–H and O–H groups in total. The summed E-state index contributed by atoms with van der Waals surface area (Å²) in [7, 11) is 0. The van der Waals surface area contributed by atoms with Crippen molar-refractivity contribution in [3.05, 3.63) is 32.8 Å². The molecule has 0 fully saturated rings. The lowest BCUT2D eigenvalue weighted by Gasteiger charge is -1.99. The van der Waals surface area contributed by atoms with Gasteiger partial charge in [-0.3, -0.25) is 0 Å². The summed E-state index contributed by atoms with van der Waals surface area (Å²) < 4.78 is 0. The molecule has 0 bridgehead atoms. The Hall–Kier alpha value is -0.600. The van der Waals surface area contributed by atoms with E-state index in [0.717, 1.165) is 0 Å². The Bertz CT molecular complexity index is 533. The predicted molar refractivity (Wildman–Crippen MR) is 87.5 cm³/mol. The zero-order valence-corrected chi connectivity index (χ0v) is 13.3. The molecule has 0 saturated heterocycles. The molecular formula is C17H22S2. The van der Waals surface area contributed by atoms with Gasteiger partial charge in [0, 0.05) is 26.6 Å². The first-order chi connectivity index (χ1) is 9.38. The number of hydrogen-bond acceptors (Lipinski definition) is 2. The summed E-state index contributed by atoms with van der Waals surface area (Å²) in [4.78, 5) is 4.77. The van der Waals surface area contributed by atoms with Crippen molar-refractivity contribution in [2.45, 2.75) is 58.3 Å². The van der Waals surface area contributed by atoms with Gasteiger partial charge in [0.25, 0.3) is 0 Å². The normalized spacial score (nSPS) is 12.7. The fraction of sp³-hybridized carbons (Fsp3) is 0.529. The lowest BCUT2D eigenvalue weighted by Crippen LogP contribution is -1.83. The number of hydrogen-bond donors (Lipinski definition) is 0. The van der Waals surface area contributed by atoms with Gasteiger partial charge in [-0.25, -0.2) is 0 Å². The summed E-state index contributed by atoms with van der Waals surface area (Å²) >= 11 is 3.97. The molecule has 2 aromatic heterocycles. The molecule has 1 aliphatic carbocycles. The molecule has 0 nitrogen and oxygen atoms in total. The van der Waals surface area contributed by atoms with E-state index in [0.29, 0.717) is 0 Å². The van der Waals surface area contributed by atoms with Crippen LogP contribution in [0.4, 0.5) is 0 Å². The van der Waals surface area contributed by atoms with Crippen molar-refractivity contribution in [1.82, 2.24) is 0 Å². The Morgan fingerprint density at radius 2 is 1.95 bits per heavy atom. The first-order valence-corrected chi connectivity index (χ1v) is 9.26. The van der Waals surface area contributed by atoms with Crippen LogP contribution in [0.2, 0.25) is 0 Å². The van der Waals surface area contributed by atoms with E-state index >= 15 is 0 Å². The smallest absolute Gasteiger partial charge is 0.0389 e. The zero-order chi connectivity index (χ0) is 13.1. The van der Waals surface area contributed by atoms with Gasteiger partial charge in [0.1, 0.15) is 0 Å². The van der Waals surface area contributed by atoms with E-state index in [2.05, 4.69) is 35.8 Å². The molecule has 0 unspecified atom stereocenters. The second-order valence-electron chi connectivity index (χ2n) is 5.52. The van der Waals surface area contributed by atoms with Crippen LogP contribution in [0.5, 0.6) is 0 Å². The maximum absolute atomic E-state index is 2.47. The van der Waals surface area contributed by atoms with Gasteiger partial charge in [-0.2, -0.15) is 0 Å².